The summed E-state index contributed by atoms with van der Waals surface area (Å²) in [7, 11) is 1.30. The van der Waals surface area contributed by atoms with Crippen molar-refractivity contribution in [2.24, 2.45) is 0 Å². The van der Waals surface area contributed by atoms with Gasteiger partial charge in [-0.25, -0.2) is 14.5 Å². The maximum Gasteiger partial charge on any atom is 0.401 e. The largest absolute Gasteiger partial charge is 0.476 e. The summed E-state index contributed by atoms with van der Waals surface area (Å²) >= 11 is 0. The van der Waals surface area contributed by atoms with Gasteiger partial charge in [-0.2, -0.15) is 18.3 Å². The molecule has 10 nitrogen and oxygen atoms in total. The van der Waals surface area contributed by atoms with Crippen molar-refractivity contribution in [3.63, 3.8) is 0 Å². The molecule has 40 heavy (non-hydrogen) atoms. The Hall–Kier alpha value is -4.13. The maximum atomic E-state index is 13.5. The molecule has 1 aromatic carbocycles. The lowest BCUT2D eigenvalue weighted by Crippen LogP contribution is -2.39. The lowest BCUT2D eigenvalue weighted by molar-refractivity contribution is -0.146. The summed E-state index contributed by atoms with van der Waals surface area (Å²) in [5, 5.41) is 4.46. The number of fused-ring (bicyclic) bond motifs is 1. The normalized spacial score (nSPS) is 13.8. The number of para-hydroxylation sites is 2. The summed E-state index contributed by atoms with van der Waals surface area (Å²) in [6, 6.07) is 10.7. The van der Waals surface area contributed by atoms with Gasteiger partial charge in [0.05, 0.1) is 53.7 Å². The van der Waals surface area contributed by atoms with Crippen LogP contribution in [0.3, 0.4) is 0 Å². The summed E-state index contributed by atoms with van der Waals surface area (Å²) in [4.78, 5) is 22.3. The number of methoxy groups -OCH3 is 1. The number of imidazole rings is 1. The molecule has 212 valence electrons. The molecule has 2 N–H and O–H groups in total. The fourth-order valence-electron chi connectivity index (χ4n) is 4.66. The van der Waals surface area contributed by atoms with E-state index in [-0.39, 0.29) is 38.2 Å². The van der Waals surface area contributed by atoms with Gasteiger partial charge in [-0.05, 0) is 44.0 Å². The molecule has 0 spiro atoms. The number of hydrogen-bond acceptors (Lipinski definition) is 8. The lowest BCUT2D eigenvalue weighted by atomic mass is 10.1. The van der Waals surface area contributed by atoms with Crippen molar-refractivity contribution in [2.45, 2.75) is 38.5 Å². The molecule has 13 heteroatoms. The number of pyridine rings is 1. The number of nitrogens with zero attached hydrogens (tertiary/aromatic N) is 6. The highest BCUT2D eigenvalue weighted by Gasteiger charge is 2.32. The van der Waals surface area contributed by atoms with Crippen molar-refractivity contribution >= 4 is 23.0 Å². The second kappa shape index (κ2) is 11.2. The minimum atomic E-state index is -4.39. The zero-order valence-corrected chi connectivity index (χ0v) is 22.2. The Labute approximate surface area is 228 Å². The molecule has 1 aliphatic rings. The van der Waals surface area contributed by atoms with Crippen LogP contribution in [0.25, 0.3) is 22.3 Å². The van der Waals surface area contributed by atoms with Gasteiger partial charge in [-0.3, -0.25) is 9.88 Å². The second-order valence-electron chi connectivity index (χ2n) is 9.76. The molecule has 3 aromatic heterocycles. The summed E-state index contributed by atoms with van der Waals surface area (Å²) in [5.74, 6) is 0.158. The van der Waals surface area contributed by atoms with Crippen molar-refractivity contribution in [1.29, 1.82) is 0 Å². The van der Waals surface area contributed by atoms with E-state index in [0.717, 1.165) is 18.4 Å². The third-order valence-corrected chi connectivity index (χ3v) is 6.67. The maximum absolute atomic E-state index is 13.5. The number of ether oxygens (including phenoxy) is 2. The van der Waals surface area contributed by atoms with Gasteiger partial charge in [-0.1, -0.05) is 12.1 Å². The molecule has 0 radical (unpaired) electrons. The number of benzene rings is 1. The van der Waals surface area contributed by atoms with Crippen LogP contribution in [0.2, 0.25) is 0 Å². The summed E-state index contributed by atoms with van der Waals surface area (Å²) in [6.07, 6.45) is -0.935. The van der Waals surface area contributed by atoms with Gasteiger partial charge >= 0.3 is 12.1 Å². The van der Waals surface area contributed by atoms with Gasteiger partial charge in [0.2, 0.25) is 11.8 Å². The van der Waals surface area contributed by atoms with Gasteiger partial charge in [0.15, 0.2) is 0 Å². The van der Waals surface area contributed by atoms with Gasteiger partial charge in [-0.15, -0.1) is 0 Å². The monoisotopic (exact) mass is 557 g/mol. The number of hydrogen-bond donors (Lipinski definition) is 1. The van der Waals surface area contributed by atoms with E-state index in [1.165, 1.54) is 12.0 Å². The minimum Gasteiger partial charge on any atom is -0.476 e. The number of carbonyl (C=O) groups is 1. The zero-order chi connectivity index (χ0) is 28.4. The highest BCUT2D eigenvalue weighted by molar-refractivity contribution is 5.90. The van der Waals surface area contributed by atoms with Crippen LogP contribution in [0, 0.1) is 6.92 Å². The number of halogens is 3. The summed E-state index contributed by atoms with van der Waals surface area (Å²) in [6.45, 7) is 0.973. The van der Waals surface area contributed by atoms with E-state index in [1.54, 1.807) is 40.6 Å². The fraction of sp³-hybridized carbons (Fsp3) is 0.407. The van der Waals surface area contributed by atoms with Crippen LogP contribution in [0.15, 0.2) is 42.6 Å². The molecule has 0 atom stereocenters. The number of aryl methyl sites for hydroxylation is 1. The first-order valence-corrected chi connectivity index (χ1v) is 12.9. The van der Waals surface area contributed by atoms with Gasteiger partial charge in [0.1, 0.15) is 6.61 Å². The van der Waals surface area contributed by atoms with Crippen molar-refractivity contribution in [2.75, 3.05) is 39.1 Å². The third-order valence-electron chi connectivity index (χ3n) is 6.67. The van der Waals surface area contributed by atoms with Crippen LogP contribution in [-0.4, -0.2) is 74.7 Å². The first kappa shape index (κ1) is 27.4. The Morgan fingerprint density at radius 3 is 2.67 bits per heavy atom. The van der Waals surface area contributed by atoms with Crippen molar-refractivity contribution in [1.82, 2.24) is 29.2 Å². The standard InChI is InChI=1S/C27H30F3N7O3/c1-17-13-18(25(38)39-2)14-22(33-17)20-15-32-37(19-7-8-19)24(20)40-12-11-35(16-27(28,29)30)9-10-36-23-6-4-3-5-21(23)34-26(36)31/h3-6,13-15,19H,7-12,16H2,1-2H3,(H2,31,34). The van der Waals surface area contributed by atoms with Crippen LogP contribution >= 0.6 is 0 Å². The Balaban J connectivity index is 1.33. The van der Waals surface area contributed by atoms with Crippen LogP contribution in [0.1, 0.15) is 34.9 Å². The molecule has 4 aromatic rings. The highest BCUT2D eigenvalue weighted by Crippen LogP contribution is 2.41. The number of carbonyl (C=O) groups excluding carboxylic acids is 1. The molecule has 0 saturated heterocycles. The van der Waals surface area contributed by atoms with E-state index < -0.39 is 18.7 Å². The molecule has 3 heterocycles. The highest BCUT2D eigenvalue weighted by atomic mass is 19.4. The quantitative estimate of drug-likeness (QED) is 0.273. The molecule has 5 rings (SSSR count). The number of rotatable bonds is 11. The zero-order valence-electron chi connectivity index (χ0n) is 22.2. The van der Waals surface area contributed by atoms with E-state index >= 15 is 0 Å². The van der Waals surface area contributed by atoms with Crippen molar-refractivity contribution in [3.8, 4) is 17.1 Å². The van der Waals surface area contributed by atoms with E-state index in [2.05, 4.69) is 15.1 Å². The third kappa shape index (κ3) is 6.19. The van der Waals surface area contributed by atoms with E-state index in [4.69, 9.17) is 15.2 Å². The molecular weight excluding hydrogens is 527 g/mol. The molecule has 0 unspecified atom stereocenters. The summed E-state index contributed by atoms with van der Waals surface area (Å²) < 4.78 is 54.8. The number of nitrogens with two attached hydrogens (primary N) is 1. The molecule has 1 fully saturated rings. The van der Waals surface area contributed by atoms with E-state index in [1.807, 2.05) is 18.2 Å². The average Bonchev–Trinajstić information content (AvgIpc) is 3.58. The number of anilines is 1. The lowest BCUT2D eigenvalue weighted by Gasteiger charge is -2.24. The SMILES string of the molecule is COC(=O)c1cc(C)nc(-c2cnn(C3CC3)c2OCCN(CCn2c(N)nc3ccccc32)CC(F)(F)F)c1. The number of esters is 1. The number of nitrogen functional groups attached to an aromatic ring is 1. The predicted molar refractivity (Wildman–Crippen MR) is 142 cm³/mol. The van der Waals surface area contributed by atoms with Gasteiger partial charge in [0.25, 0.3) is 0 Å². The topological polar surface area (TPSA) is 113 Å². The Morgan fingerprint density at radius 2 is 1.95 bits per heavy atom. The molecule has 0 aliphatic heterocycles. The van der Waals surface area contributed by atoms with Crippen LogP contribution < -0.4 is 10.5 Å². The molecule has 0 amide bonds. The number of alkyl halides is 3. The van der Waals surface area contributed by atoms with Crippen molar-refractivity contribution < 1.29 is 27.4 Å². The molecule has 1 aliphatic carbocycles. The van der Waals surface area contributed by atoms with Crippen molar-refractivity contribution in [3.05, 3.63) is 53.9 Å². The minimum absolute atomic E-state index is 0.00991. The second-order valence-corrected chi connectivity index (χ2v) is 9.76. The summed E-state index contributed by atoms with van der Waals surface area (Å²) in [5.41, 5.74) is 9.45. The van der Waals surface area contributed by atoms with Gasteiger partial charge in [0, 0.05) is 25.3 Å². The Morgan fingerprint density at radius 1 is 1.18 bits per heavy atom. The van der Waals surface area contributed by atoms with Crippen LogP contribution in [0.5, 0.6) is 5.88 Å². The number of aromatic nitrogens is 5. The van der Waals surface area contributed by atoms with Crippen LogP contribution in [0.4, 0.5) is 19.1 Å². The fourth-order valence-corrected chi connectivity index (χ4v) is 4.66. The smallest absolute Gasteiger partial charge is 0.401 e. The average molecular weight is 558 g/mol. The Bertz CT molecular complexity index is 1510. The molecule has 1 saturated carbocycles. The molecule has 0 bridgehead atoms. The predicted octanol–water partition coefficient (Wildman–Crippen LogP) is 4.25. The first-order chi connectivity index (χ1) is 19.1. The van der Waals surface area contributed by atoms with E-state index in [9.17, 15) is 18.0 Å². The first-order valence-electron chi connectivity index (χ1n) is 12.9. The van der Waals surface area contributed by atoms with E-state index in [0.29, 0.717) is 33.9 Å². The Kier molecular flexibility index (Phi) is 7.66. The van der Waals surface area contributed by atoms with Crippen LogP contribution in [-0.2, 0) is 11.3 Å². The molecular formula is C27H30F3N7O3. The van der Waals surface area contributed by atoms with Gasteiger partial charge < -0.3 is 19.8 Å².